The Bertz CT molecular complexity index is 990. The molecule has 2 aromatic carbocycles. The number of amides is 1. The van der Waals surface area contributed by atoms with Gasteiger partial charge in [-0.1, -0.05) is 48.0 Å². The lowest BCUT2D eigenvalue weighted by Gasteiger charge is -2.20. The molecular weight excluding hydrogens is 376 g/mol. The highest BCUT2D eigenvalue weighted by Crippen LogP contribution is 2.25. The first-order valence-corrected chi connectivity index (χ1v) is 9.89. The minimum Gasteiger partial charge on any atom is -0.496 e. The fourth-order valence-corrected chi connectivity index (χ4v) is 3.94. The molecule has 0 N–H and O–H groups in total. The molecule has 140 valence electrons. The van der Waals surface area contributed by atoms with Crippen molar-refractivity contribution in [2.75, 3.05) is 14.2 Å². The van der Waals surface area contributed by atoms with Gasteiger partial charge in [0.1, 0.15) is 12.3 Å². The summed E-state index contributed by atoms with van der Waals surface area (Å²) in [6.07, 6.45) is 0. The Balaban J connectivity index is 1.79. The van der Waals surface area contributed by atoms with Crippen LogP contribution in [0.5, 0.6) is 5.75 Å². The maximum Gasteiger partial charge on any atom is 0.242 e. The number of benzene rings is 2. The van der Waals surface area contributed by atoms with E-state index in [0.717, 1.165) is 22.6 Å². The summed E-state index contributed by atoms with van der Waals surface area (Å²) in [5.41, 5.74) is 4.22. The molecule has 27 heavy (non-hydrogen) atoms. The van der Waals surface area contributed by atoms with Crippen LogP contribution in [0.25, 0.3) is 11.3 Å². The molecule has 0 radical (unpaired) electrons. The first kappa shape index (κ1) is 19.3. The van der Waals surface area contributed by atoms with E-state index in [1.54, 1.807) is 19.1 Å². The molecule has 0 aliphatic carbocycles. The van der Waals surface area contributed by atoms with Gasteiger partial charge in [-0.3, -0.25) is 4.79 Å². The average Bonchev–Trinajstić information content (AvgIpc) is 3.03. The number of likely N-dealkylation sites (N-methyl/N-ethyl adjacent to an activating group) is 1. The summed E-state index contributed by atoms with van der Waals surface area (Å²) in [5, 5.41) is 2.01. The Hall–Kier alpha value is -2.44. The summed E-state index contributed by atoms with van der Waals surface area (Å²) in [7, 11) is 3.44. The molecule has 1 amide bonds. The summed E-state index contributed by atoms with van der Waals surface area (Å²) in [6, 6.07) is 16.0. The molecule has 1 aromatic heterocycles. The third kappa shape index (κ3) is 4.46. The Morgan fingerprint density at radius 3 is 2.59 bits per heavy atom. The molecule has 3 aromatic rings. The van der Waals surface area contributed by atoms with Crippen LogP contribution in [-0.4, -0.2) is 29.5 Å². The third-order valence-corrected chi connectivity index (χ3v) is 5.72. The Labute approximate surface area is 168 Å². The van der Waals surface area contributed by atoms with E-state index in [0.29, 0.717) is 10.5 Å². The van der Waals surface area contributed by atoms with Crippen LogP contribution in [0.1, 0.15) is 11.1 Å². The van der Waals surface area contributed by atoms with Gasteiger partial charge in [0, 0.05) is 24.5 Å². The second kappa shape index (κ2) is 8.50. The van der Waals surface area contributed by atoms with Gasteiger partial charge in [0.15, 0.2) is 3.95 Å². The predicted molar refractivity (Wildman–Crippen MR) is 113 cm³/mol. The van der Waals surface area contributed by atoms with Gasteiger partial charge in [-0.05, 0) is 30.8 Å². The second-order valence-electron chi connectivity index (χ2n) is 6.40. The van der Waals surface area contributed by atoms with E-state index in [1.165, 1.54) is 16.9 Å². The van der Waals surface area contributed by atoms with Crippen molar-refractivity contribution in [2.45, 2.75) is 20.0 Å². The van der Waals surface area contributed by atoms with E-state index in [4.69, 9.17) is 17.0 Å². The molecule has 3 rings (SSSR count). The average molecular weight is 399 g/mol. The fraction of sp³-hybridized carbons (Fsp3) is 0.238. The molecule has 0 bridgehead atoms. The zero-order valence-electron chi connectivity index (χ0n) is 15.6. The molecule has 0 spiro atoms. The Kier molecular flexibility index (Phi) is 6.08. The zero-order valence-corrected chi connectivity index (χ0v) is 17.3. The fourth-order valence-electron chi connectivity index (χ4n) is 2.86. The SMILES string of the molecule is COc1ccccc1CN(C)C(=O)Cn1c(-c2ccc(C)cc2)csc1=S. The van der Waals surface area contributed by atoms with E-state index in [1.807, 2.05) is 34.2 Å². The van der Waals surface area contributed by atoms with Crippen molar-refractivity contribution in [1.29, 1.82) is 0 Å². The van der Waals surface area contributed by atoms with E-state index in [2.05, 4.69) is 31.2 Å². The number of carbonyl (C=O) groups is 1. The highest BCUT2D eigenvalue weighted by Gasteiger charge is 2.15. The van der Waals surface area contributed by atoms with Gasteiger partial charge in [0.25, 0.3) is 0 Å². The summed E-state index contributed by atoms with van der Waals surface area (Å²) in [5.74, 6) is 0.786. The number of hydrogen-bond acceptors (Lipinski definition) is 4. The lowest BCUT2D eigenvalue weighted by molar-refractivity contribution is -0.131. The molecule has 1 heterocycles. The highest BCUT2D eigenvalue weighted by atomic mass is 32.1. The number of hydrogen-bond donors (Lipinski definition) is 0. The molecule has 0 atom stereocenters. The topological polar surface area (TPSA) is 34.5 Å². The minimum absolute atomic E-state index is 0.00349. The van der Waals surface area contributed by atoms with Crippen LogP contribution in [0.3, 0.4) is 0 Å². The number of rotatable bonds is 6. The Morgan fingerprint density at radius 2 is 1.89 bits per heavy atom. The molecule has 0 aliphatic rings. The van der Waals surface area contributed by atoms with Crippen LogP contribution in [-0.2, 0) is 17.9 Å². The number of aromatic nitrogens is 1. The zero-order chi connectivity index (χ0) is 19.4. The quantitative estimate of drug-likeness (QED) is 0.553. The number of aryl methyl sites for hydroxylation is 1. The van der Waals surface area contributed by atoms with Crippen LogP contribution in [0.15, 0.2) is 53.9 Å². The number of carbonyl (C=O) groups excluding carboxylic acids is 1. The summed E-state index contributed by atoms with van der Waals surface area (Å²) in [4.78, 5) is 14.5. The van der Waals surface area contributed by atoms with Crippen LogP contribution in [0.2, 0.25) is 0 Å². The summed E-state index contributed by atoms with van der Waals surface area (Å²) < 4.78 is 7.99. The molecule has 6 heteroatoms. The lowest BCUT2D eigenvalue weighted by atomic mass is 10.1. The molecular formula is C21H22N2O2S2. The van der Waals surface area contributed by atoms with Crippen LogP contribution in [0, 0.1) is 10.9 Å². The van der Waals surface area contributed by atoms with Gasteiger partial charge >= 0.3 is 0 Å². The lowest BCUT2D eigenvalue weighted by Crippen LogP contribution is -2.30. The van der Waals surface area contributed by atoms with Gasteiger partial charge in [0.2, 0.25) is 5.91 Å². The number of thiazole rings is 1. The summed E-state index contributed by atoms with van der Waals surface area (Å²) >= 11 is 6.94. The summed E-state index contributed by atoms with van der Waals surface area (Å²) in [6.45, 7) is 2.76. The number of para-hydroxylation sites is 1. The van der Waals surface area contributed by atoms with Gasteiger partial charge in [-0.2, -0.15) is 0 Å². The van der Waals surface area contributed by atoms with Crippen molar-refractivity contribution in [1.82, 2.24) is 9.47 Å². The van der Waals surface area contributed by atoms with Gasteiger partial charge < -0.3 is 14.2 Å². The molecule has 0 aliphatic heterocycles. The van der Waals surface area contributed by atoms with Crippen molar-refractivity contribution in [3.05, 3.63) is 69.0 Å². The first-order chi connectivity index (χ1) is 13.0. The Morgan fingerprint density at radius 1 is 1.19 bits per heavy atom. The van der Waals surface area contributed by atoms with Crippen molar-refractivity contribution < 1.29 is 9.53 Å². The van der Waals surface area contributed by atoms with Crippen molar-refractivity contribution in [3.63, 3.8) is 0 Å². The number of ether oxygens (including phenoxy) is 1. The first-order valence-electron chi connectivity index (χ1n) is 8.61. The molecule has 0 saturated carbocycles. The van der Waals surface area contributed by atoms with Gasteiger partial charge in [0.05, 0.1) is 12.8 Å². The van der Waals surface area contributed by atoms with Crippen molar-refractivity contribution in [2.24, 2.45) is 0 Å². The monoisotopic (exact) mass is 398 g/mol. The van der Waals surface area contributed by atoms with Crippen LogP contribution < -0.4 is 4.74 Å². The van der Waals surface area contributed by atoms with E-state index >= 15 is 0 Å². The van der Waals surface area contributed by atoms with Crippen LogP contribution >= 0.6 is 23.6 Å². The highest BCUT2D eigenvalue weighted by molar-refractivity contribution is 7.73. The van der Waals surface area contributed by atoms with Crippen molar-refractivity contribution in [3.8, 4) is 17.0 Å². The van der Waals surface area contributed by atoms with Gasteiger partial charge in [-0.25, -0.2) is 0 Å². The number of nitrogens with zero attached hydrogens (tertiary/aromatic N) is 2. The third-order valence-electron chi connectivity index (χ3n) is 4.45. The van der Waals surface area contributed by atoms with E-state index in [9.17, 15) is 4.79 Å². The minimum atomic E-state index is 0.00349. The van der Waals surface area contributed by atoms with E-state index < -0.39 is 0 Å². The van der Waals surface area contributed by atoms with Crippen molar-refractivity contribution >= 4 is 29.5 Å². The normalized spacial score (nSPS) is 10.6. The maximum atomic E-state index is 12.8. The maximum absolute atomic E-state index is 12.8. The predicted octanol–water partition coefficient (Wildman–Crippen LogP) is 4.92. The largest absolute Gasteiger partial charge is 0.496 e. The number of methoxy groups -OCH3 is 1. The van der Waals surface area contributed by atoms with E-state index in [-0.39, 0.29) is 12.5 Å². The molecule has 0 saturated heterocycles. The molecule has 0 fully saturated rings. The standard InChI is InChI=1S/C21H22N2O2S2/c1-15-8-10-16(11-9-15)18-14-27-21(26)23(18)13-20(24)22(2)12-17-6-4-5-7-19(17)25-3/h4-11,14H,12-13H2,1-3H3. The molecule has 0 unspecified atom stereocenters. The molecule has 4 nitrogen and oxygen atoms in total. The van der Waals surface area contributed by atoms with Gasteiger partial charge in [-0.15, -0.1) is 11.3 Å². The smallest absolute Gasteiger partial charge is 0.242 e. The second-order valence-corrected chi connectivity index (χ2v) is 7.90. The van der Waals surface area contributed by atoms with Crippen LogP contribution in [0.4, 0.5) is 0 Å².